The van der Waals surface area contributed by atoms with E-state index in [1.54, 1.807) is 31.6 Å². The first-order chi connectivity index (χ1) is 16.9. The van der Waals surface area contributed by atoms with Crippen molar-refractivity contribution in [2.75, 3.05) is 20.2 Å². The maximum Gasteiger partial charge on any atom is 0.318 e. The zero-order chi connectivity index (χ0) is 24.6. The van der Waals surface area contributed by atoms with E-state index in [2.05, 4.69) is 37.0 Å². The normalized spacial score (nSPS) is 19.5. The van der Waals surface area contributed by atoms with Crippen molar-refractivity contribution in [1.82, 2.24) is 9.97 Å². The van der Waals surface area contributed by atoms with Crippen LogP contribution in [0.25, 0.3) is 5.57 Å². The van der Waals surface area contributed by atoms with Gasteiger partial charge in [-0.1, -0.05) is 12.1 Å². The highest BCUT2D eigenvalue weighted by atomic mass is 16.6. The second-order valence-corrected chi connectivity index (χ2v) is 9.76. The summed E-state index contributed by atoms with van der Waals surface area (Å²) in [5.41, 5.74) is 9.98. The van der Waals surface area contributed by atoms with Crippen molar-refractivity contribution in [2.45, 2.75) is 46.0 Å². The number of hydrogen-bond acceptors (Lipinski definition) is 5. The van der Waals surface area contributed by atoms with Crippen molar-refractivity contribution in [3.8, 4) is 5.75 Å². The fraction of sp³-hybridized carbons (Fsp3) is 0.345. The molecule has 0 atom stereocenters. The Balaban J connectivity index is 1.55. The second-order valence-electron chi connectivity index (χ2n) is 9.76. The number of hydrogen-bond donors (Lipinski definition) is 0. The van der Waals surface area contributed by atoms with Crippen LogP contribution in [0, 0.1) is 19.1 Å². The van der Waals surface area contributed by atoms with E-state index in [1.165, 1.54) is 22.3 Å². The first-order valence-corrected chi connectivity index (χ1v) is 12.2. The third kappa shape index (κ3) is 4.51. The molecule has 5 rings (SSSR count). The highest BCUT2D eigenvalue weighted by Gasteiger charge is 2.34. The summed E-state index contributed by atoms with van der Waals surface area (Å²) in [7, 11) is 1.71. The van der Waals surface area contributed by atoms with Gasteiger partial charge >= 0.3 is 5.91 Å². The van der Waals surface area contributed by atoms with Gasteiger partial charge in [0.2, 0.25) is 0 Å². The molecule has 35 heavy (non-hydrogen) atoms. The molecule has 1 aliphatic heterocycles. The number of likely N-dealkylation sites (tertiary alicyclic amines) is 1. The average Bonchev–Trinajstić information content (AvgIpc) is 3.01. The van der Waals surface area contributed by atoms with E-state index < -0.39 is 4.65 Å². The predicted octanol–water partition coefficient (Wildman–Crippen LogP) is 4.88. The molecule has 0 spiro atoms. The average molecular weight is 470 g/mol. The number of aryl methyl sites for hydroxylation is 4. The summed E-state index contributed by atoms with van der Waals surface area (Å²) < 4.78 is 5.08. The third-order valence-corrected chi connectivity index (χ3v) is 7.26. The van der Waals surface area contributed by atoms with E-state index in [4.69, 9.17) is 9.72 Å². The lowest BCUT2D eigenvalue weighted by Gasteiger charge is -2.43. The molecule has 2 aliphatic rings. The third-order valence-electron chi connectivity index (χ3n) is 7.26. The predicted molar refractivity (Wildman–Crippen MR) is 136 cm³/mol. The molecular weight excluding hydrogens is 438 g/mol. The van der Waals surface area contributed by atoms with Crippen LogP contribution in [0.5, 0.6) is 5.75 Å². The van der Waals surface area contributed by atoms with Crippen LogP contribution in [0.1, 0.15) is 51.9 Å². The van der Waals surface area contributed by atoms with Gasteiger partial charge in [-0.2, -0.15) is 0 Å². The number of pyridine rings is 2. The molecule has 0 bridgehead atoms. The fourth-order valence-electron chi connectivity index (χ4n) is 5.43. The van der Waals surface area contributed by atoms with Crippen molar-refractivity contribution in [2.24, 2.45) is 0 Å². The summed E-state index contributed by atoms with van der Waals surface area (Å²) in [5.74, 6) is 0.559. The Morgan fingerprint density at radius 2 is 1.69 bits per heavy atom. The minimum absolute atomic E-state index is 0.136. The van der Waals surface area contributed by atoms with Crippen molar-refractivity contribution in [3.63, 3.8) is 0 Å². The molecule has 0 radical (unpaired) electrons. The van der Waals surface area contributed by atoms with E-state index in [0.29, 0.717) is 12.8 Å². The molecule has 0 unspecified atom stereocenters. The molecule has 1 saturated heterocycles. The minimum atomic E-state index is -0.787. The van der Waals surface area contributed by atoms with Crippen molar-refractivity contribution >= 4 is 11.5 Å². The fourth-order valence-corrected chi connectivity index (χ4v) is 5.43. The molecule has 1 amide bonds. The van der Waals surface area contributed by atoms with Gasteiger partial charge in [0, 0.05) is 42.6 Å². The van der Waals surface area contributed by atoms with E-state index in [1.807, 2.05) is 6.20 Å². The summed E-state index contributed by atoms with van der Waals surface area (Å²) >= 11 is 0. The highest BCUT2D eigenvalue weighted by molar-refractivity contribution is 5.87. The lowest BCUT2D eigenvalue weighted by atomic mass is 9.87. The summed E-state index contributed by atoms with van der Waals surface area (Å²) in [4.78, 5) is 21.9. The summed E-state index contributed by atoms with van der Waals surface area (Å²) in [6, 6.07) is 10.1. The summed E-state index contributed by atoms with van der Waals surface area (Å²) in [6.07, 6.45) is 8.31. The number of carbonyl (C=O) groups is 1. The molecule has 2 aromatic heterocycles. The Morgan fingerprint density at radius 3 is 2.40 bits per heavy atom. The Hall–Kier alpha value is -3.35. The highest BCUT2D eigenvalue weighted by Crippen LogP contribution is 2.43. The number of fused-ring (bicyclic) bond motifs is 2. The number of piperidine rings is 1. The van der Waals surface area contributed by atoms with E-state index >= 15 is 0 Å². The molecule has 6 heteroatoms. The second kappa shape index (κ2) is 9.36. The Labute approximate surface area is 206 Å². The van der Waals surface area contributed by atoms with Crippen LogP contribution in [-0.4, -0.2) is 40.7 Å². The molecule has 6 nitrogen and oxygen atoms in total. The summed E-state index contributed by atoms with van der Waals surface area (Å²) in [5, 5.41) is 13.5. The maximum absolute atomic E-state index is 13.5. The van der Waals surface area contributed by atoms with Crippen LogP contribution in [0.2, 0.25) is 0 Å². The number of benzene rings is 1. The van der Waals surface area contributed by atoms with Gasteiger partial charge in [0.05, 0.1) is 32.3 Å². The molecule has 1 fully saturated rings. The zero-order valence-corrected chi connectivity index (χ0v) is 20.6. The molecule has 3 heterocycles. The first kappa shape index (κ1) is 23.4. The number of methoxy groups -OCH3 is 1. The van der Waals surface area contributed by atoms with Crippen LogP contribution >= 0.6 is 0 Å². The largest absolute Gasteiger partial charge is 0.625 e. The molecule has 1 aliphatic carbocycles. The lowest BCUT2D eigenvalue weighted by molar-refractivity contribution is -0.807. The quantitative estimate of drug-likeness (QED) is 0.404. The minimum Gasteiger partial charge on any atom is -0.625 e. The number of carbonyl (C=O) groups excluding carboxylic acids is 1. The maximum atomic E-state index is 13.5. The number of nitrogens with zero attached hydrogens (tertiary/aromatic N) is 3. The molecule has 0 saturated carbocycles. The monoisotopic (exact) mass is 469 g/mol. The Morgan fingerprint density at radius 1 is 1.00 bits per heavy atom. The standard InChI is InChI=1S/C29H31N3O3/c1-19-14-23-4-5-24-15-20(2)18-31-29(24)28(27(23)25(16-19)35-3)22-8-12-32(34,13-9-22)26(33)17-21-6-10-30-11-7-21/h6-7,10-11,14-16,18H,4-5,8-9,12-13,17H2,1-3H3. The van der Waals surface area contributed by atoms with Gasteiger partial charge in [0.15, 0.2) is 0 Å². The van der Waals surface area contributed by atoms with Crippen LogP contribution < -0.4 is 4.74 Å². The van der Waals surface area contributed by atoms with E-state index in [-0.39, 0.29) is 25.4 Å². The Bertz CT molecular complexity index is 1300. The number of quaternary nitrogens is 1. The smallest absolute Gasteiger partial charge is 0.318 e. The van der Waals surface area contributed by atoms with Crippen LogP contribution in [-0.2, 0) is 24.1 Å². The van der Waals surface area contributed by atoms with Gasteiger partial charge < -0.3 is 9.94 Å². The van der Waals surface area contributed by atoms with Gasteiger partial charge in [-0.05, 0) is 78.3 Å². The van der Waals surface area contributed by atoms with Gasteiger partial charge in [-0.15, -0.1) is 0 Å². The zero-order valence-electron chi connectivity index (χ0n) is 20.6. The molecule has 3 aromatic rings. The van der Waals surface area contributed by atoms with Crippen molar-refractivity contribution < 1.29 is 14.2 Å². The van der Waals surface area contributed by atoms with Crippen molar-refractivity contribution in [3.05, 3.63) is 98.8 Å². The molecular formula is C29H31N3O3. The van der Waals surface area contributed by atoms with Gasteiger partial charge in [-0.3, -0.25) is 14.6 Å². The van der Waals surface area contributed by atoms with Crippen LogP contribution in [0.15, 0.2) is 54.5 Å². The summed E-state index contributed by atoms with van der Waals surface area (Å²) in [6.45, 7) is 4.65. The van der Waals surface area contributed by atoms with Crippen LogP contribution in [0.4, 0.5) is 0 Å². The van der Waals surface area contributed by atoms with Gasteiger partial charge in [0.25, 0.3) is 0 Å². The number of aromatic nitrogens is 2. The molecule has 180 valence electrons. The first-order valence-electron chi connectivity index (χ1n) is 12.2. The number of amides is 1. The Kier molecular flexibility index (Phi) is 6.26. The van der Waals surface area contributed by atoms with Gasteiger partial charge in [-0.25, -0.2) is 4.79 Å². The molecule has 1 aromatic carbocycles. The molecule has 0 N–H and O–H groups in total. The van der Waals surface area contributed by atoms with E-state index in [0.717, 1.165) is 46.5 Å². The van der Waals surface area contributed by atoms with E-state index in [9.17, 15) is 10.0 Å². The number of ether oxygens (including phenoxy) is 1. The number of hydroxylamine groups is 3. The topological polar surface area (TPSA) is 75.1 Å². The van der Waals surface area contributed by atoms with Crippen LogP contribution in [0.3, 0.4) is 0 Å². The number of rotatable bonds is 3. The van der Waals surface area contributed by atoms with Crippen molar-refractivity contribution in [1.29, 1.82) is 0 Å². The van der Waals surface area contributed by atoms with Gasteiger partial charge in [0.1, 0.15) is 5.75 Å². The SMILES string of the molecule is COc1cc(C)cc2c1C(=C1CC[N+]([O-])(C(=O)Cc3ccncc3)CC1)c1ncc(C)cc1CC2. The lowest BCUT2D eigenvalue weighted by Crippen LogP contribution is -2.52.